The molecular weight excluding hydrogens is 350 g/mol. The molecule has 1 amide bonds. The van der Waals surface area contributed by atoms with E-state index < -0.39 is 21.3 Å². The molecule has 1 aliphatic heterocycles. The van der Waals surface area contributed by atoms with E-state index in [1.54, 1.807) is 6.92 Å². The van der Waals surface area contributed by atoms with Crippen molar-refractivity contribution in [3.8, 4) is 10.7 Å². The van der Waals surface area contributed by atoms with Gasteiger partial charge in [0, 0.05) is 18.8 Å². The topological polar surface area (TPSA) is 100 Å². The second-order valence-electron chi connectivity index (χ2n) is 5.60. The second kappa shape index (κ2) is 6.48. The number of carbonyl (C=O) groups excluding carboxylic acids is 1. The predicted octanol–water partition coefficient (Wildman–Crippen LogP) is 1.15. The van der Waals surface area contributed by atoms with Crippen molar-refractivity contribution in [1.29, 1.82) is 0 Å². The van der Waals surface area contributed by atoms with E-state index in [0.717, 1.165) is 4.88 Å². The minimum Gasteiger partial charge on any atom is -0.335 e. The molecule has 1 atom stereocenters. The molecule has 2 aromatic heterocycles. The van der Waals surface area contributed by atoms with Gasteiger partial charge in [-0.1, -0.05) is 6.07 Å². The van der Waals surface area contributed by atoms with Crippen molar-refractivity contribution in [2.45, 2.75) is 19.4 Å². The van der Waals surface area contributed by atoms with Gasteiger partial charge < -0.3 is 9.88 Å². The SMILES string of the molecule is CCN(C(=O)c1cnc(-c2cccs2)[nH]c1=O)[C@@H]1CCS(=O)(=O)C1. The van der Waals surface area contributed by atoms with Gasteiger partial charge in [0.1, 0.15) is 11.4 Å². The highest BCUT2D eigenvalue weighted by molar-refractivity contribution is 7.91. The van der Waals surface area contributed by atoms with Crippen LogP contribution in [0.3, 0.4) is 0 Å². The molecule has 2 aromatic rings. The Morgan fingerprint density at radius 3 is 2.83 bits per heavy atom. The maximum atomic E-state index is 12.7. The van der Waals surface area contributed by atoms with Crippen LogP contribution >= 0.6 is 11.3 Å². The first-order valence-electron chi connectivity index (χ1n) is 7.56. The summed E-state index contributed by atoms with van der Waals surface area (Å²) >= 11 is 1.44. The normalized spacial score (nSPS) is 19.3. The number of hydrogen-bond acceptors (Lipinski definition) is 6. The van der Waals surface area contributed by atoms with Gasteiger partial charge in [0.25, 0.3) is 11.5 Å². The Labute approximate surface area is 143 Å². The zero-order chi connectivity index (χ0) is 17.3. The lowest BCUT2D eigenvalue weighted by Crippen LogP contribution is -2.43. The lowest BCUT2D eigenvalue weighted by Gasteiger charge is -2.26. The van der Waals surface area contributed by atoms with Crippen LogP contribution in [-0.4, -0.2) is 53.3 Å². The van der Waals surface area contributed by atoms with E-state index in [0.29, 0.717) is 18.8 Å². The fraction of sp³-hybridized carbons (Fsp3) is 0.400. The van der Waals surface area contributed by atoms with Crippen molar-refractivity contribution in [3.63, 3.8) is 0 Å². The molecule has 9 heteroatoms. The van der Waals surface area contributed by atoms with Crippen molar-refractivity contribution < 1.29 is 13.2 Å². The molecule has 0 saturated carbocycles. The van der Waals surface area contributed by atoms with Crippen molar-refractivity contribution in [2.75, 3.05) is 18.1 Å². The third-order valence-corrected chi connectivity index (χ3v) is 6.66. The number of amides is 1. The standard InChI is InChI=1S/C15H17N3O4S2/c1-2-18(10-5-7-24(21,22)9-10)15(20)11-8-16-13(17-14(11)19)12-4-3-6-23-12/h3-4,6,8,10H,2,5,7,9H2,1H3,(H,16,17,19)/t10-/m1/s1. The average molecular weight is 367 g/mol. The number of hydrogen-bond donors (Lipinski definition) is 1. The average Bonchev–Trinajstić information content (AvgIpc) is 3.17. The number of nitrogens with one attached hydrogen (secondary N) is 1. The molecule has 3 heterocycles. The molecule has 7 nitrogen and oxygen atoms in total. The van der Waals surface area contributed by atoms with E-state index >= 15 is 0 Å². The van der Waals surface area contributed by atoms with Gasteiger partial charge in [-0.2, -0.15) is 0 Å². The zero-order valence-corrected chi connectivity index (χ0v) is 14.7. The Bertz CT molecular complexity index is 903. The molecule has 0 aliphatic carbocycles. The maximum Gasteiger partial charge on any atom is 0.264 e. The van der Waals surface area contributed by atoms with Gasteiger partial charge in [0.2, 0.25) is 0 Å². The van der Waals surface area contributed by atoms with Crippen LogP contribution in [0, 0.1) is 0 Å². The van der Waals surface area contributed by atoms with Crippen LogP contribution in [0.1, 0.15) is 23.7 Å². The number of sulfone groups is 1. The summed E-state index contributed by atoms with van der Waals surface area (Å²) in [6, 6.07) is 3.29. The third kappa shape index (κ3) is 3.27. The summed E-state index contributed by atoms with van der Waals surface area (Å²) in [7, 11) is -3.11. The maximum absolute atomic E-state index is 12.7. The molecule has 0 aromatic carbocycles. The summed E-state index contributed by atoms with van der Waals surface area (Å²) in [6.45, 7) is 2.11. The van der Waals surface area contributed by atoms with Crippen molar-refractivity contribution >= 4 is 27.1 Å². The van der Waals surface area contributed by atoms with E-state index in [-0.39, 0.29) is 23.1 Å². The fourth-order valence-electron chi connectivity index (χ4n) is 2.83. The molecule has 3 rings (SSSR count). The van der Waals surface area contributed by atoms with Crippen LogP contribution in [0.15, 0.2) is 28.5 Å². The Hall–Kier alpha value is -2.00. The first-order valence-corrected chi connectivity index (χ1v) is 10.3. The van der Waals surface area contributed by atoms with Crippen molar-refractivity contribution in [3.05, 3.63) is 39.6 Å². The Balaban J connectivity index is 1.87. The Morgan fingerprint density at radius 2 is 2.29 bits per heavy atom. The van der Waals surface area contributed by atoms with Gasteiger partial charge in [0.15, 0.2) is 9.84 Å². The number of aromatic amines is 1. The lowest BCUT2D eigenvalue weighted by molar-refractivity contribution is 0.0706. The minimum absolute atomic E-state index is 0.0504. The fourth-order valence-corrected chi connectivity index (χ4v) is 5.24. The highest BCUT2D eigenvalue weighted by Gasteiger charge is 2.35. The van der Waals surface area contributed by atoms with Crippen LogP contribution in [0.5, 0.6) is 0 Å². The van der Waals surface area contributed by atoms with E-state index in [2.05, 4.69) is 9.97 Å². The first kappa shape index (κ1) is 16.8. The summed E-state index contributed by atoms with van der Waals surface area (Å²) in [6.07, 6.45) is 1.67. The summed E-state index contributed by atoms with van der Waals surface area (Å²) in [5, 5.41) is 1.87. The van der Waals surface area contributed by atoms with E-state index in [9.17, 15) is 18.0 Å². The van der Waals surface area contributed by atoms with Gasteiger partial charge >= 0.3 is 0 Å². The Morgan fingerprint density at radius 1 is 1.50 bits per heavy atom. The highest BCUT2D eigenvalue weighted by Crippen LogP contribution is 2.21. The number of aromatic nitrogens is 2. The largest absolute Gasteiger partial charge is 0.335 e. The van der Waals surface area contributed by atoms with E-state index in [1.807, 2.05) is 17.5 Å². The second-order valence-corrected chi connectivity index (χ2v) is 8.78. The zero-order valence-electron chi connectivity index (χ0n) is 13.1. The summed E-state index contributed by atoms with van der Waals surface area (Å²) in [5.41, 5.74) is -0.584. The number of nitrogens with zero attached hydrogens (tertiary/aromatic N) is 2. The molecule has 128 valence electrons. The van der Waals surface area contributed by atoms with Gasteiger partial charge in [-0.25, -0.2) is 13.4 Å². The lowest BCUT2D eigenvalue weighted by atomic mass is 10.2. The van der Waals surface area contributed by atoms with Crippen LogP contribution < -0.4 is 5.56 Å². The number of H-pyrrole nitrogens is 1. The molecule has 1 saturated heterocycles. The van der Waals surface area contributed by atoms with E-state index in [4.69, 9.17) is 0 Å². The number of thiophene rings is 1. The molecule has 0 radical (unpaired) electrons. The van der Waals surface area contributed by atoms with E-state index in [1.165, 1.54) is 22.4 Å². The molecule has 1 N–H and O–H groups in total. The quantitative estimate of drug-likeness (QED) is 0.874. The molecular formula is C15H17N3O4S2. The van der Waals surface area contributed by atoms with Crippen molar-refractivity contribution in [2.24, 2.45) is 0 Å². The molecule has 1 aliphatic rings. The Kier molecular flexibility index (Phi) is 4.55. The van der Waals surface area contributed by atoms with Crippen LogP contribution in [0.25, 0.3) is 10.7 Å². The first-order chi connectivity index (χ1) is 11.4. The summed E-state index contributed by atoms with van der Waals surface area (Å²) in [4.78, 5) is 34.0. The molecule has 1 fully saturated rings. The number of carbonyl (C=O) groups is 1. The molecule has 0 unspecified atom stereocenters. The van der Waals surface area contributed by atoms with Gasteiger partial charge in [-0.3, -0.25) is 9.59 Å². The highest BCUT2D eigenvalue weighted by atomic mass is 32.2. The number of rotatable bonds is 4. The van der Waals surface area contributed by atoms with Crippen LogP contribution in [-0.2, 0) is 9.84 Å². The molecule has 0 bridgehead atoms. The predicted molar refractivity (Wildman–Crippen MR) is 91.9 cm³/mol. The summed E-state index contributed by atoms with van der Waals surface area (Å²) in [5.74, 6) is -0.0393. The van der Waals surface area contributed by atoms with Crippen molar-refractivity contribution in [1.82, 2.24) is 14.9 Å². The van der Waals surface area contributed by atoms with Gasteiger partial charge in [-0.05, 0) is 24.8 Å². The molecule has 24 heavy (non-hydrogen) atoms. The minimum atomic E-state index is -3.11. The van der Waals surface area contributed by atoms with Crippen LogP contribution in [0.4, 0.5) is 0 Å². The van der Waals surface area contributed by atoms with Gasteiger partial charge in [0.05, 0.1) is 16.4 Å². The molecule has 0 spiro atoms. The third-order valence-electron chi connectivity index (χ3n) is 4.04. The monoisotopic (exact) mass is 367 g/mol. The smallest absolute Gasteiger partial charge is 0.264 e. The van der Waals surface area contributed by atoms with Crippen LogP contribution in [0.2, 0.25) is 0 Å². The van der Waals surface area contributed by atoms with Gasteiger partial charge in [-0.15, -0.1) is 11.3 Å². The summed E-state index contributed by atoms with van der Waals surface area (Å²) < 4.78 is 23.3.